The molecule has 0 aliphatic carbocycles. The predicted molar refractivity (Wildman–Crippen MR) is 168 cm³/mol. The van der Waals surface area contributed by atoms with Gasteiger partial charge in [-0.1, -0.05) is 13.3 Å². The molecule has 0 aromatic rings. The molecular formula is C28H52N8O13. The molecule has 0 fully saturated rings. The van der Waals surface area contributed by atoms with E-state index < -0.39 is 78.5 Å². The fourth-order valence-electron chi connectivity index (χ4n) is 4.59. The molecule has 0 aromatic carbocycles. The lowest BCUT2D eigenvalue weighted by Crippen LogP contribution is -2.62. The van der Waals surface area contributed by atoms with Crippen LogP contribution in [-0.2, 0) is 33.6 Å². The monoisotopic (exact) mass is 708 g/mol. The fraction of sp³-hybridized carbons (Fsp3) is 0.750. The highest BCUT2D eigenvalue weighted by Crippen LogP contribution is 2.13. The van der Waals surface area contributed by atoms with Crippen LogP contribution in [0.2, 0.25) is 0 Å². The number of nitrogens with two attached hydrogens (primary N) is 3. The van der Waals surface area contributed by atoms with Gasteiger partial charge < -0.3 is 53.2 Å². The Morgan fingerprint density at radius 1 is 0.878 bits per heavy atom. The number of rotatable bonds is 27. The number of hydrogen-bond acceptors (Lipinski definition) is 14. The maximum atomic E-state index is 13.5. The number of nitrogens with one attached hydrogen (secondary N) is 2. The molecule has 0 aromatic heterocycles. The van der Waals surface area contributed by atoms with E-state index in [4.69, 9.17) is 17.2 Å². The lowest BCUT2D eigenvalue weighted by atomic mass is 10.0. The van der Waals surface area contributed by atoms with E-state index in [0.29, 0.717) is 29.4 Å². The number of primary amides is 1. The first kappa shape index (κ1) is 45.0. The summed E-state index contributed by atoms with van der Waals surface area (Å²) < 4.78 is 0. The molecule has 282 valence electrons. The van der Waals surface area contributed by atoms with Gasteiger partial charge in [0.05, 0.1) is 25.2 Å². The van der Waals surface area contributed by atoms with E-state index in [2.05, 4.69) is 5.32 Å². The minimum absolute atomic E-state index is 0.00750. The highest BCUT2D eigenvalue weighted by Gasteiger charge is 2.38. The smallest absolute Gasteiger partial charge is 0.335 e. The molecule has 0 rings (SSSR count). The number of hydroxylamine groups is 4. The Hall–Kier alpha value is -3.99. The molecule has 0 heterocycles. The van der Waals surface area contributed by atoms with Crippen LogP contribution in [0, 0.1) is 0 Å². The van der Waals surface area contributed by atoms with Crippen LogP contribution in [0.5, 0.6) is 0 Å². The molecule has 49 heavy (non-hydrogen) atoms. The molecule has 0 spiro atoms. The molecule has 0 aliphatic heterocycles. The summed E-state index contributed by atoms with van der Waals surface area (Å²) >= 11 is 0. The third-order valence-corrected chi connectivity index (χ3v) is 7.32. The van der Waals surface area contributed by atoms with Gasteiger partial charge in [-0.3, -0.25) is 39.2 Å². The number of unbranched alkanes of at least 4 members (excludes halogenated alkanes) is 1. The van der Waals surface area contributed by atoms with E-state index in [-0.39, 0.29) is 71.1 Å². The summed E-state index contributed by atoms with van der Waals surface area (Å²) in [6.45, 7) is 0.335. The standard InChI is InChI=1S/C28H52N8O13/c1-2-7-17(39)14-21(40)36(49)13-5-8-18(30)25(43)33-22(23(41)28(46)47)26(44)32-19(15-37)27(45)35(12-4-3-10-29)20(24(31)42)9-6-11-34(48)16-38/h16-20,22-23,37,39,41,48-49H,2-15,29-30H2,1H3,(H2,31,42)(H,32,44)(H,33,43)(H,46,47)/t17?,18-,19-,20-,22+,23+/m0/s1. The summed E-state index contributed by atoms with van der Waals surface area (Å²) in [5.41, 5.74) is 16.9. The Labute approximate surface area is 283 Å². The van der Waals surface area contributed by atoms with Crippen LogP contribution < -0.4 is 27.8 Å². The fourth-order valence-corrected chi connectivity index (χ4v) is 4.59. The van der Waals surface area contributed by atoms with Crippen molar-refractivity contribution < 1.29 is 64.4 Å². The second-order valence-electron chi connectivity index (χ2n) is 11.3. The van der Waals surface area contributed by atoms with Crippen molar-refractivity contribution in [2.45, 2.75) is 101 Å². The zero-order chi connectivity index (χ0) is 37.7. The van der Waals surface area contributed by atoms with E-state index in [1.54, 1.807) is 6.92 Å². The second-order valence-corrected chi connectivity index (χ2v) is 11.3. The quantitative estimate of drug-likeness (QED) is 0.0165. The minimum atomic E-state index is -2.55. The molecule has 0 radical (unpaired) electrons. The molecule has 14 N–H and O–H groups in total. The Balaban J connectivity index is 5.76. The van der Waals surface area contributed by atoms with Crippen molar-refractivity contribution in [3.05, 3.63) is 0 Å². The van der Waals surface area contributed by atoms with Crippen molar-refractivity contribution in [2.24, 2.45) is 17.2 Å². The third-order valence-electron chi connectivity index (χ3n) is 7.32. The number of nitrogens with zero attached hydrogens (tertiary/aromatic N) is 3. The Bertz CT molecular complexity index is 1090. The van der Waals surface area contributed by atoms with Crippen molar-refractivity contribution in [1.29, 1.82) is 0 Å². The number of hydrogen-bond donors (Lipinski definition) is 11. The Morgan fingerprint density at radius 3 is 2.04 bits per heavy atom. The highest BCUT2D eigenvalue weighted by atomic mass is 16.5. The van der Waals surface area contributed by atoms with Crippen LogP contribution in [0.25, 0.3) is 0 Å². The van der Waals surface area contributed by atoms with Crippen molar-refractivity contribution in [2.75, 3.05) is 32.8 Å². The molecule has 21 nitrogen and oxygen atoms in total. The first-order chi connectivity index (χ1) is 23.0. The van der Waals surface area contributed by atoms with Gasteiger partial charge >= 0.3 is 5.97 Å². The molecule has 1 unspecified atom stereocenters. The average Bonchev–Trinajstić information content (AvgIpc) is 3.05. The van der Waals surface area contributed by atoms with E-state index in [1.165, 1.54) is 0 Å². The van der Waals surface area contributed by atoms with Gasteiger partial charge in [-0.05, 0) is 51.5 Å². The van der Waals surface area contributed by atoms with E-state index in [1.807, 2.05) is 5.32 Å². The summed E-state index contributed by atoms with van der Waals surface area (Å²) in [6, 6.07) is -6.81. The van der Waals surface area contributed by atoms with Crippen molar-refractivity contribution in [3.63, 3.8) is 0 Å². The number of aliphatic carboxylic acids is 1. The summed E-state index contributed by atoms with van der Waals surface area (Å²) in [5.74, 6) is -7.26. The molecule has 0 aliphatic rings. The molecule has 21 heteroatoms. The van der Waals surface area contributed by atoms with Crippen molar-refractivity contribution in [1.82, 2.24) is 25.7 Å². The first-order valence-corrected chi connectivity index (χ1v) is 15.8. The third kappa shape index (κ3) is 16.8. The SMILES string of the molecule is CCCC(O)CC(=O)N(O)CCC[C@H](N)C(=O)N[C@@H](C(=O)N[C@@H](CO)C(=O)N(CCCCN)[C@@H](CCCN(O)C=O)C(N)=O)[C@@H](O)C(=O)O. The summed E-state index contributed by atoms with van der Waals surface area (Å²) in [5, 5.41) is 63.3. The average molecular weight is 709 g/mol. The predicted octanol–water partition coefficient (Wildman–Crippen LogP) is -4.68. The van der Waals surface area contributed by atoms with Gasteiger partial charge in [-0.15, -0.1) is 0 Å². The highest BCUT2D eigenvalue weighted by molar-refractivity contribution is 5.97. The number of aliphatic hydroxyl groups excluding tert-OH is 3. The second kappa shape index (κ2) is 24.2. The van der Waals surface area contributed by atoms with Crippen LogP contribution in [0.3, 0.4) is 0 Å². The zero-order valence-electron chi connectivity index (χ0n) is 27.6. The first-order valence-electron chi connectivity index (χ1n) is 15.8. The van der Waals surface area contributed by atoms with Crippen LogP contribution >= 0.6 is 0 Å². The lowest BCUT2D eigenvalue weighted by Gasteiger charge is -2.33. The summed E-state index contributed by atoms with van der Waals surface area (Å²) in [6.07, 6.45) is -2.42. The maximum Gasteiger partial charge on any atom is 0.335 e. The number of carbonyl (C=O) groups is 7. The molecule has 6 amide bonds. The van der Waals surface area contributed by atoms with Gasteiger partial charge in [0, 0.05) is 19.6 Å². The van der Waals surface area contributed by atoms with Gasteiger partial charge in [0.25, 0.3) is 0 Å². The Kier molecular flexibility index (Phi) is 22.2. The topological polar surface area (TPSA) is 353 Å². The lowest BCUT2D eigenvalue weighted by molar-refractivity contribution is -0.167. The summed E-state index contributed by atoms with van der Waals surface area (Å²) in [7, 11) is 0. The number of carbonyl (C=O) groups excluding carboxylic acids is 6. The van der Waals surface area contributed by atoms with Gasteiger partial charge in [0.1, 0.15) is 18.1 Å². The molecule has 0 bridgehead atoms. The number of carboxylic acids is 1. The molecular weight excluding hydrogens is 656 g/mol. The normalized spacial score (nSPS) is 14.7. The van der Waals surface area contributed by atoms with Crippen molar-refractivity contribution >= 4 is 41.9 Å². The van der Waals surface area contributed by atoms with E-state index in [0.717, 1.165) is 4.90 Å². The molecule has 6 atom stereocenters. The Morgan fingerprint density at radius 2 is 1.51 bits per heavy atom. The summed E-state index contributed by atoms with van der Waals surface area (Å²) in [4.78, 5) is 87.0. The van der Waals surface area contributed by atoms with Crippen LogP contribution in [0.1, 0.15) is 64.7 Å². The molecule has 0 saturated carbocycles. The minimum Gasteiger partial charge on any atom is -0.479 e. The van der Waals surface area contributed by atoms with Gasteiger partial charge in [0.2, 0.25) is 35.9 Å². The number of carboxylic acid groups (broad SMARTS) is 1. The largest absolute Gasteiger partial charge is 0.479 e. The van der Waals surface area contributed by atoms with E-state index in [9.17, 15) is 64.4 Å². The number of amides is 6. The van der Waals surface area contributed by atoms with Gasteiger partial charge in [0.15, 0.2) is 6.10 Å². The van der Waals surface area contributed by atoms with Gasteiger partial charge in [-0.25, -0.2) is 14.9 Å². The van der Waals surface area contributed by atoms with Crippen LogP contribution in [0.4, 0.5) is 0 Å². The van der Waals surface area contributed by atoms with E-state index >= 15 is 0 Å². The van der Waals surface area contributed by atoms with Crippen LogP contribution in [0.15, 0.2) is 0 Å². The van der Waals surface area contributed by atoms with Crippen molar-refractivity contribution in [3.8, 4) is 0 Å². The molecule has 0 saturated heterocycles. The van der Waals surface area contributed by atoms with Gasteiger partial charge in [-0.2, -0.15) is 0 Å². The van der Waals surface area contributed by atoms with Crippen LogP contribution in [-0.4, -0.2) is 157 Å². The number of aliphatic hydroxyl groups is 3. The zero-order valence-corrected chi connectivity index (χ0v) is 27.6. The maximum absolute atomic E-state index is 13.5.